The number of ether oxygens (including phenoxy) is 3. The Balaban J connectivity index is 1.60. The number of aliphatic hydroxyl groups excluding tert-OH is 1. The van der Waals surface area contributed by atoms with Gasteiger partial charge in [0.2, 0.25) is 0 Å². The summed E-state index contributed by atoms with van der Waals surface area (Å²) in [6.45, 7) is 5.59. The molecule has 0 spiro atoms. The summed E-state index contributed by atoms with van der Waals surface area (Å²) in [6.07, 6.45) is 0. The predicted octanol–water partition coefficient (Wildman–Crippen LogP) is 5.86. The highest BCUT2D eigenvalue weighted by Gasteiger charge is 2.48. The second-order valence-corrected chi connectivity index (χ2v) is 11.0. The van der Waals surface area contributed by atoms with E-state index in [0.717, 1.165) is 21.8 Å². The molecule has 1 fully saturated rings. The number of benzene rings is 3. The summed E-state index contributed by atoms with van der Waals surface area (Å²) in [5, 5.41) is 21.9. The quantitative estimate of drug-likeness (QED) is 0.103. The first kappa shape index (κ1) is 30.3. The van der Waals surface area contributed by atoms with Gasteiger partial charge in [0.25, 0.3) is 5.78 Å². The lowest BCUT2D eigenvalue weighted by atomic mass is 9.94. The summed E-state index contributed by atoms with van der Waals surface area (Å²) in [4.78, 5) is 45.5. The standard InChI is InChI=1S/C33H30N2O8S/c1-5-42-32(40)30-19(3)34-33(44-30)35-27(21-11-13-23(36)25(16-21)41-4)26(29(38)31(35)39)28(37)22-12-14-24(18(2)15-22)43-17-20-9-7-6-8-10-20/h6-16,27,36-37H,5,17H2,1-4H3/b28-26+/t27-/m1/s1. The normalized spacial score (nSPS) is 15.8. The minimum atomic E-state index is -1.15. The highest BCUT2D eigenvalue weighted by molar-refractivity contribution is 7.17. The van der Waals surface area contributed by atoms with Gasteiger partial charge >= 0.3 is 11.9 Å². The van der Waals surface area contributed by atoms with E-state index in [2.05, 4.69) is 4.98 Å². The zero-order chi connectivity index (χ0) is 31.5. The Bertz CT molecular complexity index is 1780. The van der Waals surface area contributed by atoms with Crippen molar-refractivity contribution in [3.63, 3.8) is 0 Å². The van der Waals surface area contributed by atoms with E-state index in [-0.39, 0.29) is 33.7 Å². The van der Waals surface area contributed by atoms with E-state index in [1.54, 1.807) is 32.0 Å². The molecule has 2 heterocycles. The number of thiazole rings is 1. The average Bonchev–Trinajstić information content (AvgIpc) is 3.53. The zero-order valence-electron chi connectivity index (χ0n) is 24.5. The number of Topliss-reactive ketones (excluding diaryl/α,β-unsaturated/α-hetero) is 1. The molecule has 1 atom stereocenters. The van der Waals surface area contributed by atoms with Gasteiger partial charge in [0, 0.05) is 5.56 Å². The maximum atomic E-state index is 13.6. The molecule has 10 nitrogen and oxygen atoms in total. The molecule has 1 aromatic heterocycles. The third-order valence-electron chi connectivity index (χ3n) is 7.10. The van der Waals surface area contributed by atoms with Crippen LogP contribution in [-0.4, -0.2) is 46.6 Å². The Hall–Kier alpha value is -5.16. The number of aromatic hydroxyl groups is 1. The lowest BCUT2D eigenvalue weighted by molar-refractivity contribution is -0.132. The Morgan fingerprint density at radius 2 is 1.77 bits per heavy atom. The molecule has 11 heteroatoms. The van der Waals surface area contributed by atoms with Crippen molar-refractivity contribution >= 4 is 39.9 Å². The van der Waals surface area contributed by atoms with Crippen LogP contribution in [0.15, 0.2) is 72.3 Å². The highest BCUT2D eigenvalue weighted by atomic mass is 32.1. The van der Waals surface area contributed by atoms with Crippen LogP contribution in [0.1, 0.15) is 50.6 Å². The third kappa shape index (κ3) is 5.73. The fourth-order valence-electron chi connectivity index (χ4n) is 4.93. The molecule has 3 aromatic carbocycles. The number of phenolic OH excluding ortho intramolecular Hbond substituents is 1. The summed E-state index contributed by atoms with van der Waals surface area (Å²) in [7, 11) is 1.37. The van der Waals surface area contributed by atoms with Crippen molar-refractivity contribution in [1.29, 1.82) is 0 Å². The molecule has 0 unspecified atom stereocenters. The molecule has 1 saturated heterocycles. The van der Waals surface area contributed by atoms with Crippen LogP contribution in [0, 0.1) is 13.8 Å². The molecule has 1 amide bonds. The minimum absolute atomic E-state index is 0.0737. The van der Waals surface area contributed by atoms with Gasteiger partial charge in [-0.2, -0.15) is 0 Å². The van der Waals surface area contributed by atoms with E-state index in [0.29, 0.717) is 34.7 Å². The minimum Gasteiger partial charge on any atom is -0.507 e. The van der Waals surface area contributed by atoms with Gasteiger partial charge < -0.3 is 24.4 Å². The molecule has 2 N–H and O–H groups in total. The summed E-state index contributed by atoms with van der Waals surface area (Å²) in [5.41, 5.74) is 2.50. The van der Waals surface area contributed by atoms with Gasteiger partial charge in [0.15, 0.2) is 16.6 Å². The number of hydrogen-bond donors (Lipinski definition) is 2. The van der Waals surface area contributed by atoms with Crippen molar-refractivity contribution in [2.24, 2.45) is 0 Å². The van der Waals surface area contributed by atoms with Gasteiger partial charge in [-0.05, 0) is 67.8 Å². The number of nitrogens with zero attached hydrogens (tertiary/aromatic N) is 2. The van der Waals surface area contributed by atoms with Crippen LogP contribution in [-0.2, 0) is 20.9 Å². The van der Waals surface area contributed by atoms with Gasteiger partial charge in [0.1, 0.15) is 23.0 Å². The topological polar surface area (TPSA) is 135 Å². The van der Waals surface area contributed by atoms with Gasteiger partial charge in [-0.25, -0.2) is 9.78 Å². The molecule has 4 aromatic rings. The second kappa shape index (κ2) is 12.6. The number of aryl methyl sites for hydroxylation is 2. The SMILES string of the molecule is CCOC(=O)c1sc(N2C(=O)C(=O)/C(=C(/O)c3ccc(OCc4ccccc4)c(C)c3)[C@H]2c2ccc(O)c(OC)c2)nc1C. The van der Waals surface area contributed by atoms with E-state index in [4.69, 9.17) is 14.2 Å². The number of anilines is 1. The molecule has 5 rings (SSSR count). The maximum Gasteiger partial charge on any atom is 0.350 e. The summed E-state index contributed by atoms with van der Waals surface area (Å²) in [5.74, 6) is -2.33. The number of esters is 1. The Morgan fingerprint density at radius 3 is 2.45 bits per heavy atom. The highest BCUT2D eigenvalue weighted by Crippen LogP contribution is 2.45. The first-order valence-corrected chi connectivity index (χ1v) is 14.6. The van der Waals surface area contributed by atoms with E-state index >= 15 is 0 Å². The number of amides is 1. The van der Waals surface area contributed by atoms with Crippen molar-refractivity contribution in [2.45, 2.75) is 33.4 Å². The summed E-state index contributed by atoms with van der Waals surface area (Å²) >= 11 is 0.906. The number of rotatable bonds is 9. The van der Waals surface area contributed by atoms with Crippen molar-refractivity contribution < 1.29 is 38.8 Å². The fraction of sp³-hybridized carbons (Fsp3) is 0.212. The molecule has 1 aliphatic heterocycles. The summed E-state index contributed by atoms with van der Waals surface area (Å²) in [6, 6.07) is 17.9. The first-order chi connectivity index (χ1) is 21.1. The van der Waals surface area contributed by atoms with Gasteiger partial charge in [-0.1, -0.05) is 47.7 Å². The molecule has 0 radical (unpaired) electrons. The molecule has 44 heavy (non-hydrogen) atoms. The van der Waals surface area contributed by atoms with E-state index in [9.17, 15) is 24.6 Å². The van der Waals surface area contributed by atoms with Crippen LogP contribution in [0.3, 0.4) is 0 Å². The smallest absolute Gasteiger partial charge is 0.350 e. The molecule has 0 saturated carbocycles. The van der Waals surface area contributed by atoms with Crippen molar-refractivity contribution in [3.8, 4) is 17.2 Å². The van der Waals surface area contributed by atoms with Crippen LogP contribution in [0.2, 0.25) is 0 Å². The van der Waals surface area contributed by atoms with Crippen molar-refractivity contribution in [2.75, 3.05) is 18.6 Å². The molecule has 0 bridgehead atoms. The Morgan fingerprint density at radius 1 is 1.02 bits per heavy atom. The molecular weight excluding hydrogens is 584 g/mol. The van der Waals surface area contributed by atoms with Crippen LogP contribution < -0.4 is 14.4 Å². The van der Waals surface area contributed by atoms with E-state index < -0.39 is 29.5 Å². The third-order valence-corrected chi connectivity index (χ3v) is 8.24. The number of carbonyl (C=O) groups excluding carboxylic acids is 3. The van der Waals surface area contributed by atoms with E-state index in [1.165, 1.54) is 25.3 Å². The molecule has 226 valence electrons. The molecule has 1 aliphatic rings. The molecule has 0 aliphatic carbocycles. The largest absolute Gasteiger partial charge is 0.507 e. The van der Waals surface area contributed by atoms with Crippen LogP contribution in [0.25, 0.3) is 5.76 Å². The first-order valence-electron chi connectivity index (χ1n) is 13.7. The number of carbonyl (C=O) groups is 3. The predicted molar refractivity (Wildman–Crippen MR) is 164 cm³/mol. The monoisotopic (exact) mass is 614 g/mol. The van der Waals surface area contributed by atoms with E-state index in [1.807, 2.05) is 37.3 Å². The van der Waals surface area contributed by atoms with Gasteiger partial charge in [-0.15, -0.1) is 0 Å². The fourth-order valence-corrected chi connectivity index (χ4v) is 5.92. The maximum absolute atomic E-state index is 13.6. The van der Waals surface area contributed by atoms with Crippen LogP contribution in [0.5, 0.6) is 17.2 Å². The van der Waals surface area contributed by atoms with Crippen molar-refractivity contribution in [1.82, 2.24) is 4.98 Å². The number of methoxy groups -OCH3 is 1. The number of phenols is 1. The number of aromatic nitrogens is 1. The lowest BCUT2D eigenvalue weighted by Gasteiger charge is -2.23. The number of ketones is 1. The van der Waals surface area contributed by atoms with Crippen LogP contribution in [0.4, 0.5) is 5.13 Å². The molecular formula is C33H30N2O8S. The average molecular weight is 615 g/mol. The lowest BCUT2D eigenvalue weighted by Crippen LogP contribution is -2.29. The van der Waals surface area contributed by atoms with Gasteiger partial charge in [-0.3, -0.25) is 14.5 Å². The Kier molecular flexibility index (Phi) is 8.68. The van der Waals surface area contributed by atoms with Crippen LogP contribution >= 0.6 is 11.3 Å². The van der Waals surface area contributed by atoms with Crippen molar-refractivity contribution in [3.05, 3.63) is 105 Å². The second-order valence-electron chi connectivity index (χ2n) is 9.99. The zero-order valence-corrected chi connectivity index (χ0v) is 25.3. The summed E-state index contributed by atoms with van der Waals surface area (Å²) < 4.78 is 16.4. The number of aliphatic hydroxyl groups is 1. The Labute approximate surface area is 257 Å². The van der Waals surface area contributed by atoms with Gasteiger partial charge in [0.05, 0.1) is 31.0 Å². The number of hydrogen-bond acceptors (Lipinski definition) is 10.